The molecule has 0 radical (unpaired) electrons. The molecule has 3 aromatic rings. The molecule has 0 bridgehead atoms. The van der Waals surface area contributed by atoms with E-state index in [1.165, 1.54) is 0 Å². The van der Waals surface area contributed by atoms with E-state index in [-0.39, 0.29) is 19.4 Å². The van der Waals surface area contributed by atoms with E-state index in [0.29, 0.717) is 25.5 Å². The lowest BCUT2D eigenvalue weighted by atomic mass is 9.92. The molecule has 2 aromatic carbocycles. The number of nitrogens with one attached hydrogen (secondary N) is 1. The highest BCUT2D eigenvalue weighted by atomic mass is 16.6. The van der Waals surface area contributed by atoms with Crippen LogP contribution in [-0.2, 0) is 22.2 Å². The number of amides is 1. The van der Waals surface area contributed by atoms with Crippen molar-refractivity contribution in [3.8, 4) is 11.5 Å². The van der Waals surface area contributed by atoms with Crippen molar-refractivity contribution in [2.75, 3.05) is 25.1 Å². The Morgan fingerprint density at radius 2 is 1.85 bits per heavy atom. The minimum atomic E-state index is -0.836. The molecule has 1 amide bonds. The van der Waals surface area contributed by atoms with Crippen LogP contribution in [0.3, 0.4) is 0 Å². The van der Waals surface area contributed by atoms with E-state index in [1.807, 2.05) is 36.4 Å². The molecule has 7 heteroatoms. The third-order valence-electron chi connectivity index (χ3n) is 6.81. The maximum atomic E-state index is 13.4. The van der Waals surface area contributed by atoms with Gasteiger partial charge in [-0.25, -0.2) is 0 Å². The van der Waals surface area contributed by atoms with Crippen LogP contribution in [0.15, 0.2) is 42.5 Å². The quantitative estimate of drug-likeness (QED) is 0.511. The summed E-state index contributed by atoms with van der Waals surface area (Å²) in [6, 6.07) is 13.7. The molecule has 34 heavy (non-hydrogen) atoms. The first-order valence-electron chi connectivity index (χ1n) is 11.9. The Bertz CT molecular complexity index is 1240. The van der Waals surface area contributed by atoms with E-state index in [0.717, 1.165) is 46.4 Å². The SMILES string of the molecule is CC(C)(C)c1cc2cc(NC(=O)C3(c4ccc5c(c4)OCCO5)CC3)ccc2n1C[C@H](O)CO.[HH]. The lowest BCUT2D eigenvalue weighted by Crippen LogP contribution is -2.28. The topological polar surface area (TPSA) is 93.0 Å². The average Bonchev–Trinajstić information content (AvgIpc) is 3.55. The summed E-state index contributed by atoms with van der Waals surface area (Å²) < 4.78 is 13.4. The number of aliphatic hydroxyl groups is 2. The van der Waals surface area contributed by atoms with Gasteiger partial charge in [0, 0.05) is 29.1 Å². The highest BCUT2D eigenvalue weighted by molar-refractivity contribution is 6.02. The van der Waals surface area contributed by atoms with Gasteiger partial charge in [0.25, 0.3) is 0 Å². The second-order valence-electron chi connectivity index (χ2n) is 10.4. The van der Waals surface area contributed by atoms with Crippen LogP contribution in [0, 0.1) is 0 Å². The largest absolute Gasteiger partial charge is 0.486 e. The highest BCUT2D eigenvalue weighted by Gasteiger charge is 2.51. The maximum Gasteiger partial charge on any atom is 0.235 e. The number of aliphatic hydroxyl groups excluding tert-OH is 2. The molecule has 2 heterocycles. The number of hydrogen-bond acceptors (Lipinski definition) is 5. The van der Waals surface area contributed by atoms with Crippen molar-refractivity contribution >= 4 is 22.5 Å². The summed E-state index contributed by atoms with van der Waals surface area (Å²) in [6.45, 7) is 7.44. The van der Waals surface area contributed by atoms with E-state index in [2.05, 4.69) is 36.7 Å². The molecule has 2 aliphatic rings. The first-order chi connectivity index (χ1) is 16.2. The monoisotopic (exact) mass is 466 g/mol. The number of carbonyl (C=O) groups excluding carboxylic acids is 1. The molecule has 5 rings (SSSR count). The van der Waals surface area contributed by atoms with Crippen LogP contribution in [0.2, 0.25) is 0 Å². The van der Waals surface area contributed by atoms with E-state index in [9.17, 15) is 15.0 Å². The summed E-state index contributed by atoms with van der Waals surface area (Å²) in [7, 11) is 0. The Morgan fingerprint density at radius 3 is 2.53 bits per heavy atom. The van der Waals surface area contributed by atoms with Gasteiger partial charge in [-0.1, -0.05) is 26.8 Å². The molecule has 1 saturated carbocycles. The minimum absolute atomic E-state index is 0. The smallest absolute Gasteiger partial charge is 0.235 e. The van der Waals surface area contributed by atoms with Crippen molar-refractivity contribution in [2.45, 2.75) is 57.1 Å². The standard InChI is InChI=1S/C27H32N2O5.H2/c1-26(2,3)24-13-17-12-19(5-6-21(17)29(24)15-20(31)16-30)28-25(32)27(8-9-27)18-4-7-22-23(14-18)34-11-10-33-22;/h4-7,12-14,20,30-31H,8-11,15-16H2,1-3H3,(H,28,32);1H/t20-;/m0./s1. The molecule has 0 spiro atoms. The molecule has 1 fully saturated rings. The second-order valence-corrected chi connectivity index (χ2v) is 10.4. The summed E-state index contributed by atoms with van der Waals surface area (Å²) in [5, 5.41) is 23.6. The number of carbonyl (C=O) groups is 1. The predicted octanol–water partition coefficient (Wildman–Crippen LogP) is 3.98. The van der Waals surface area contributed by atoms with Gasteiger partial charge in [-0.2, -0.15) is 0 Å². The first-order valence-corrected chi connectivity index (χ1v) is 11.9. The van der Waals surface area contributed by atoms with E-state index < -0.39 is 11.5 Å². The van der Waals surface area contributed by atoms with Gasteiger partial charge in [-0.3, -0.25) is 4.79 Å². The fourth-order valence-electron chi connectivity index (χ4n) is 4.80. The van der Waals surface area contributed by atoms with Crippen LogP contribution in [0.25, 0.3) is 10.9 Å². The minimum Gasteiger partial charge on any atom is -0.486 e. The predicted molar refractivity (Wildman–Crippen MR) is 133 cm³/mol. The number of anilines is 1. The van der Waals surface area contributed by atoms with Crippen LogP contribution in [0.1, 0.15) is 46.3 Å². The molecule has 1 aliphatic carbocycles. The second kappa shape index (κ2) is 8.32. The molecule has 3 N–H and O–H groups in total. The first kappa shape index (κ1) is 22.7. The molecule has 7 nitrogen and oxygen atoms in total. The summed E-state index contributed by atoms with van der Waals surface area (Å²) in [6.07, 6.45) is 0.756. The Morgan fingerprint density at radius 1 is 1.12 bits per heavy atom. The van der Waals surface area contributed by atoms with Crippen LogP contribution >= 0.6 is 0 Å². The average molecular weight is 467 g/mol. The Kier molecular flexibility index (Phi) is 5.57. The van der Waals surface area contributed by atoms with Crippen LogP contribution in [0.5, 0.6) is 11.5 Å². The Balaban J connectivity index is 0.00000289. The van der Waals surface area contributed by atoms with Crippen molar-refractivity contribution in [1.29, 1.82) is 0 Å². The molecule has 1 aromatic heterocycles. The van der Waals surface area contributed by atoms with E-state index >= 15 is 0 Å². The van der Waals surface area contributed by atoms with Crippen LogP contribution < -0.4 is 14.8 Å². The van der Waals surface area contributed by atoms with Gasteiger partial charge >= 0.3 is 0 Å². The number of rotatable bonds is 6. The van der Waals surface area contributed by atoms with Crippen LogP contribution in [0.4, 0.5) is 5.69 Å². The number of nitrogens with zero attached hydrogens (tertiary/aromatic N) is 1. The zero-order valence-corrected chi connectivity index (χ0v) is 19.9. The molecule has 0 saturated heterocycles. The van der Waals surface area contributed by atoms with Gasteiger partial charge in [0.1, 0.15) is 13.2 Å². The molecule has 1 atom stereocenters. The number of hydrogen-bond donors (Lipinski definition) is 3. The van der Waals surface area contributed by atoms with Crippen molar-refractivity contribution in [3.05, 3.63) is 53.7 Å². The fraction of sp³-hybridized carbons (Fsp3) is 0.444. The van der Waals surface area contributed by atoms with Gasteiger partial charge < -0.3 is 29.6 Å². The lowest BCUT2D eigenvalue weighted by molar-refractivity contribution is -0.118. The third-order valence-corrected chi connectivity index (χ3v) is 6.81. The number of aromatic nitrogens is 1. The van der Waals surface area contributed by atoms with Crippen molar-refractivity contribution in [1.82, 2.24) is 4.57 Å². The molecule has 1 aliphatic heterocycles. The Hall–Kier alpha value is -3.03. The maximum absolute atomic E-state index is 13.4. The number of benzene rings is 2. The van der Waals surface area contributed by atoms with Crippen molar-refractivity contribution in [2.24, 2.45) is 0 Å². The zero-order chi connectivity index (χ0) is 24.1. The molecular weight excluding hydrogens is 432 g/mol. The summed E-state index contributed by atoms with van der Waals surface area (Å²) in [5.41, 5.74) is 3.03. The van der Waals surface area contributed by atoms with E-state index in [1.54, 1.807) is 0 Å². The normalized spacial score (nSPS) is 17.4. The molecule has 182 valence electrons. The van der Waals surface area contributed by atoms with Gasteiger partial charge in [-0.05, 0) is 54.8 Å². The van der Waals surface area contributed by atoms with Gasteiger partial charge in [0.05, 0.1) is 24.7 Å². The van der Waals surface area contributed by atoms with Gasteiger partial charge in [0.15, 0.2) is 11.5 Å². The van der Waals surface area contributed by atoms with Crippen LogP contribution in [-0.4, -0.2) is 46.6 Å². The fourth-order valence-corrected chi connectivity index (χ4v) is 4.80. The van der Waals surface area contributed by atoms with Crippen molar-refractivity contribution in [3.63, 3.8) is 0 Å². The Labute approximate surface area is 200 Å². The molecular formula is C27H34N2O5. The third kappa shape index (κ3) is 4.03. The summed E-state index contributed by atoms with van der Waals surface area (Å²) in [4.78, 5) is 13.4. The number of ether oxygens (including phenoxy) is 2. The molecule has 0 unspecified atom stereocenters. The number of fused-ring (bicyclic) bond motifs is 2. The summed E-state index contributed by atoms with van der Waals surface area (Å²) >= 11 is 0. The van der Waals surface area contributed by atoms with Gasteiger partial charge in [0.2, 0.25) is 5.91 Å². The highest BCUT2D eigenvalue weighted by Crippen LogP contribution is 2.51. The van der Waals surface area contributed by atoms with E-state index in [4.69, 9.17) is 9.47 Å². The lowest BCUT2D eigenvalue weighted by Gasteiger charge is -2.23. The zero-order valence-electron chi connectivity index (χ0n) is 19.9. The summed E-state index contributed by atoms with van der Waals surface area (Å²) in [5.74, 6) is 1.40. The van der Waals surface area contributed by atoms with Gasteiger partial charge in [-0.15, -0.1) is 0 Å². The van der Waals surface area contributed by atoms with Crippen molar-refractivity contribution < 1.29 is 25.9 Å².